The standard InChI is InChI=1S/C15H17BrN2O2/c1-4-12-8-13(18(3)17-12)9-20-15-6-5-11(16)7-14(15)10(2)19/h5-8H,4,9H2,1-3H3. The molecule has 0 aliphatic heterocycles. The number of ether oxygens (including phenoxy) is 1. The van der Waals surface area contributed by atoms with Crippen molar-refractivity contribution in [3.8, 4) is 5.75 Å². The number of carbonyl (C=O) groups excluding carboxylic acids is 1. The number of Topliss-reactive ketones (excluding diaryl/α,β-unsaturated/α-hetero) is 1. The van der Waals surface area contributed by atoms with Crippen molar-refractivity contribution in [1.29, 1.82) is 0 Å². The van der Waals surface area contributed by atoms with Gasteiger partial charge in [-0.05, 0) is 37.6 Å². The highest BCUT2D eigenvalue weighted by Gasteiger charge is 2.11. The highest BCUT2D eigenvalue weighted by Crippen LogP contribution is 2.24. The molecule has 5 heteroatoms. The predicted octanol–water partition coefficient (Wildman–Crippen LogP) is 3.53. The molecule has 0 unspecified atom stereocenters. The van der Waals surface area contributed by atoms with Crippen LogP contribution in [0, 0.1) is 0 Å². The van der Waals surface area contributed by atoms with Crippen molar-refractivity contribution in [3.63, 3.8) is 0 Å². The molecule has 1 aromatic heterocycles. The number of hydrogen-bond donors (Lipinski definition) is 0. The van der Waals surface area contributed by atoms with E-state index in [-0.39, 0.29) is 5.78 Å². The zero-order chi connectivity index (χ0) is 14.7. The maximum absolute atomic E-state index is 11.6. The Morgan fingerprint density at radius 3 is 2.75 bits per heavy atom. The number of aryl methyl sites for hydroxylation is 2. The molecule has 0 aliphatic carbocycles. The summed E-state index contributed by atoms with van der Waals surface area (Å²) >= 11 is 3.36. The molecular formula is C15H17BrN2O2. The molecule has 0 radical (unpaired) electrons. The van der Waals surface area contributed by atoms with E-state index in [1.807, 2.05) is 23.9 Å². The second-order valence-electron chi connectivity index (χ2n) is 4.59. The zero-order valence-electron chi connectivity index (χ0n) is 11.8. The highest BCUT2D eigenvalue weighted by atomic mass is 79.9. The fraction of sp³-hybridized carbons (Fsp3) is 0.333. The van der Waals surface area contributed by atoms with Crippen LogP contribution < -0.4 is 4.74 Å². The van der Waals surface area contributed by atoms with Crippen LogP contribution in [0.4, 0.5) is 0 Å². The summed E-state index contributed by atoms with van der Waals surface area (Å²) in [5.41, 5.74) is 2.60. The topological polar surface area (TPSA) is 44.1 Å². The first-order valence-electron chi connectivity index (χ1n) is 6.46. The van der Waals surface area contributed by atoms with Gasteiger partial charge in [0, 0.05) is 11.5 Å². The van der Waals surface area contributed by atoms with Crippen LogP contribution >= 0.6 is 15.9 Å². The minimum Gasteiger partial charge on any atom is -0.487 e. The monoisotopic (exact) mass is 336 g/mol. The molecule has 0 saturated heterocycles. The van der Waals surface area contributed by atoms with E-state index in [0.717, 1.165) is 22.3 Å². The Morgan fingerprint density at radius 1 is 1.40 bits per heavy atom. The molecule has 1 aromatic carbocycles. The average Bonchev–Trinajstić information content (AvgIpc) is 2.78. The van der Waals surface area contributed by atoms with Gasteiger partial charge in [0.25, 0.3) is 0 Å². The molecule has 4 nitrogen and oxygen atoms in total. The lowest BCUT2D eigenvalue weighted by Crippen LogP contribution is -2.05. The molecule has 2 rings (SSSR count). The summed E-state index contributed by atoms with van der Waals surface area (Å²) in [6, 6.07) is 7.46. The first-order valence-corrected chi connectivity index (χ1v) is 7.25. The van der Waals surface area contributed by atoms with E-state index >= 15 is 0 Å². The van der Waals surface area contributed by atoms with Crippen LogP contribution in [0.25, 0.3) is 0 Å². The van der Waals surface area contributed by atoms with Gasteiger partial charge < -0.3 is 4.74 Å². The molecular weight excluding hydrogens is 320 g/mol. The SMILES string of the molecule is CCc1cc(COc2ccc(Br)cc2C(C)=O)n(C)n1. The van der Waals surface area contributed by atoms with Crippen molar-refractivity contribution in [2.24, 2.45) is 7.05 Å². The van der Waals surface area contributed by atoms with E-state index in [1.165, 1.54) is 6.92 Å². The quantitative estimate of drug-likeness (QED) is 0.784. The second-order valence-corrected chi connectivity index (χ2v) is 5.51. The van der Waals surface area contributed by atoms with E-state index in [9.17, 15) is 4.79 Å². The molecule has 0 spiro atoms. The molecule has 1 heterocycles. The van der Waals surface area contributed by atoms with E-state index in [0.29, 0.717) is 17.9 Å². The van der Waals surface area contributed by atoms with E-state index in [2.05, 4.69) is 28.0 Å². The van der Waals surface area contributed by atoms with Gasteiger partial charge in [-0.15, -0.1) is 0 Å². The van der Waals surface area contributed by atoms with Crippen molar-refractivity contribution < 1.29 is 9.53 Å². The van der Waals surface area contributed by atoms with Gasteiger partial charge in [-0.3, -0.25) is 9.48 Å². The number of aromatic nitrogens is 2. The summed E-state index contributed by atoms with van der Waals surface area (Å²) in [5.74, 6) is 0.584. The van der Waals surface area contributed by atoms with Crippen molar-refractivity contribution in [3.05, 3.63) is 45.7 Å². The van der Waals surface area contributed by atoms with Gasteiger partial charge in [0.15, 0.2) is 5.78 Å². The van der Waals surface area contributed by atoms with Crippen LogP contribution in [0.2, 0.25) is 0 Å². The zero-order valence-corrected chi connectivity index (χ0v) is 13.4. The number of halogens is 1. The third kappa shape index (κ3) is 3.28. The number of benzene rings is 1. The number of hydrogen-bond acceptors (Lipinski definition) is 3. The van der Waals surface area contributed by atoms with Crippen LogP contribution in [-0.4, -0.2) is 15.6 Å². The number of ketones is 1. The molecule has 0 atom stereocenters. The molecule has 0 fully saturated rings. The second kappa shape index (κ2) is 6.22. The average molecular weight is 337 g/mol. The maximum atomic E-state index is 11.6. The van der Waals surface area contributed by atoms with Gasteiger partial charge in [-0.1, -0.05) is 22.9 Å². The smallest absolute Gasteiger partial charge is 0.163 e. The molecule has 2 aromatic rings. The maximum Gasteiger partial charge on any atom is 0.163 e. The lowest BCUT2D eigenvalue weighted by Gasteiger charge is -2.10. The van der Waals surface area contributed by atoms with Crippen LogP contribution in [0.5, 0.6) is 5.75 Å². The molecule has 0 bridgehead atoms. The Morgan fingerprint density at radius 2 is 2.15 bits per heavy atom. The summed E-state index contributed by atoms with van der Waals surface area (Å²) in [4.78, 5) is 11.6. The minimum absolute atomic E-state index is 0.0134. The third-order valence-corrected chi connectivity index (χ3v) is 3.58. The van der Waals surface area contributed by atoms with Crippen molar-refractivity contribution in [2.75, 3.05) is 0 Å². The van der Waals surface area contributed by atoms with Crippen molar-refractivity contribution in [2.45, 2.75) is 26.9 Å². The summed E-state index contributed by atoms with van der Waals surface area (Å²) in [6.07, 6.45) is 0.894. The Hall–Kier alpha value is -1.62. The first-order chi connectivity index (χ1) is 9.51. The van der Waals surface area contributed by atoms with E-state index in [4.69, 9.17) is 4.74 Å². The van der Waals surface area contributed by atoms with Gasteiger partial charge in [0.2, 0.25) is 0 Å². The number of rotatable bonds is 5. The van der Waals surface area contributed by atoms with Gasteiger partial charge >= 0.3 is 0 Å². The largest absolute Gasteiger partial charge is 0.487 e. The van der Waals surface area contributed by atoms with Crippen molar-refractivity contribution in [1.82, 2.24) is 9.78 Å². The van der Waals surface area contributed by atoms with Gasteiger partial charge in [0.1, 0.15) is 12.4 Å². The van der Waals surface area contributed by atoms with Gasteiger partial charge in [0.05, 0.1) is 17.0 Å². The summed E-state index contributed by atoms with van der Waals surface area (Å²) < 4.78 is 8.45. The lowest BCUT2D eigenvalue weighted by atomic mass is 10.1. The molecule has 0 saturated carbocycles. The van der Waals surface area contributed by atoms with Crippen LogP contribution in [0.1, 0.15) is 35.6 Å². The summed E-state index contributed by atoms with van der Waals surface area (Å²) in [6.45, 7) is 3.99. The fourth-order valence-corrected chi connectivity index (χ4v) is 2.30. The Labute approximate surface area is 126 Å². The third-order valence-electron chi connectivity index (χ3n) is 3.09. The highest BCUT2D eigenvalue weighted by molar-refractivity contribution is 9.10. The van der Waals surface area contributed by atoms with Gasteiger partial charge in [-0.2, -0.15) is 5.10 Å². The van der Waals surface area contributed by atoms with E-state index in [1.54, 1.807) is 12.1 Å². The number of carbonyl (C=O) groups is 1. The molecule has 20 heavy (non-hydrogen) atoms. The summed E-state index contributed by atoms with van der Waals surface area (Å²) in [5, 5.41) is 4.38. The van der Waals surface area contributed by atoms with Crippen LogP contribution in [0.3, 0.4) is 0 Å². The first kappa shape index (κ1) is 14.8. The molecule has 0 aliphatic rings. The number of nitrogens with zero attached hydrogens (tertiary/aromatic N) is 2. The predicted molar refractivity (Wildman–Crippen MR) is 81.1 cm³/mol. The molecule has 106 valence electrons. The lowest BCUT2D eigenvalue weighted by molar-refractivity contribution is 0.101. The molecule has 0 N–H and O–H groups in total. The fourth-order valence-electron chi connectivity index (χ4n) is 1.93. The van der Waals surface area contributed by atoms with Crippen LogP contribution in [0.15, 0.2) is 28.7 Å². The van der Waals surface area contributed by atoms with Gasteiger partial charge in [-0.25, -0.2) is 0 Å². The Balaban J connectivity index is 2.18. The Kier molecular flexibility index (Phi) is 4.60. The van der Waals surface area contributed by atoms with E-state index < -0.39 is 0 Å². The Bertz CT molecular complexity index is 635. The van der Waals surface area contributed by atoms with Crippen molar-refractivity contribution >= 4 is 21.7 Å². The van der Waals surface area contributed by atoms with Crippen LogP contribution in [-0.2, 0) is 20.1 Å². The molecule has 0 amide bonds. The minimum atomic E-state index is -0.0134. The summed E-state index contributed by atoms with van der Waals surface area (Å²) in [7, 11) is 1.89. The normalized spacial score (nSPS) is 10.6.